The number of benzene rings is 1. The van der Waals surface area contributed by atoms with Crippen molar-refractivity contribution in [2.24, 2.45) is 11.3 Å². The number of hydrogen-bond acceptors (Lipinski definition) is 3. The number of rotatable bonds is 5. The number of nitrogen functional groups attached to an aromatic ring is 1. The van der Waals surface area contributed by atoms with E-state index in [9.17, 15) is 4.79 Å². The molecule has 1 aromatic carbocycles. The van der Waals surface area contributed by atoms with Crippen molar-refractivity contribution in [2.45, 2.75) is 33.6 Å². The highest BCUT2D eigenvalue weighted by molar-refractivity contribution is 5.78. The van der Waals surface area contributed by atoms with Gasteiger partial charge in [-0.1, -0.05) is 20.8 Å². The summed E-state index contributed by atoms with van der Waals surface area (Å²) in [7, 11) is 0. The van der Waals surface area contributed by atoms with Gasteiger partial charge in [-0.15, -0.1) is 0 Å². The maximum atomic E-state index is 12.0. The lowest BCUT2D eigenvalue weighted by atomic mass is 9.80. The van der Waals surface area contributed by atoms with Gasteiger partial charge in [0, 0.05) is 25.2 Å². The molecule has 4 heteroatoms. The Morgan fingerprint density at radius 1 is 1.29 bits per heavy atom. The maximum Gasteiger partial charge on any atom is 0.222 e. The topological polar surface area (TPSA) is 55.6 Å². The molecule has 1 amide bonds. The van der Waals surface area contributed by atoms with Crippen molar-refractivity contribution in [3.8, 4) is 5.75 Å². The predicted molar refractivity (Wildman–Crippen MR) is 85.1 cm³/mol. The Kier molecular flexibility index (Phi) is 4.76. The number of ether oxygens (including phenoxy) is 1. The van der Waals surface area contributed by atoms with E-state index in [-0.39, 0.29) is 11.3 Å². The van der Waals surface area contributed by atoms with Gasteiger partial charge in [0.25, 0.3) is 0 Å². The molecule has 1 atom stereocenters. The van der Waals surface area contributed by atoms with Crippen molar-refractivity contribution in [3.05, 3.63) is 24.3 Å². The van der Waals surface area contributed by atoms with E-state index >= 15 is 0 Å². The Morgan fingerprint density at radius 3 is 2.52 bits per heavy atom. The van der Waals surface area contributed by atoms with E-state index in [1.807, 2.05) is 29.2 Å². The molecule has 0 aromatic heterocycles. The third-order valence-corrected chi connectivity index (χ3v) is 4.16. The van der Waals surface area contributed by atoms with Crippen LogP contribution in [0.4, 0.5) is 5.69 Å². The Bertz CT molecular complexity index is 477. The Hall–Kier alpha value is -1.71. The van der Waals surface area contributed by atoms with Crippen LogP contribution in [0.2, 0.25) is 0 Å². The second kappa shape index (κ2) is 6.37. The number of anilines is 1. The van der Waals surface area contributed by atoms with Crippen LogP contribution < -0.4 is 10.5 Å². The molecule has 0 radical (unpaired) electrons. The first-order chi connectivity index (χ1) is 9.86. The van der Waals surface area contributed by atoms with Gasteiger partial charge >= 0.3 is 0 Å². The maximum absolute atomic E-state index is 12.0. The van der Waals surface area contributed by atoms with Gasteiger partial charge in [-0.3, -0.25) is 4.79 Å². The Balaban J connectivity index is 1.72. The van der Waals surface area contributed by atoms with Crippen molar-refractivity contribution >= 4 is 11.6 Å². The lowest BCUT2D eigenvalue weighted by molar-refractivity contribution is -0.127. The van der Waals surface area contributed by atoms with E-state index in [1.54, 1.807) is 0 Å². The van der Waals surface area contributed by atoms with E-state index in [1.165, 1.54) is 0 Å². The van der Waals surface area contributed by atoms with Crippen molar-refractivity contribution in [2.75, 3.05) is 25.4 Å². The lowest BCUT2D eigenvalue weighted by Gasteiger charge is -2.26. The number of hydrogen-bond donors (Lipinski definition) is 1. The van der Waals surface area contributed by atoms with Crippen LogP contribution >= 0.6 is 0 Å². The standard InChI is InChI=1S/C17H26N2O2/c1-17(2,3)13-11-16(20)19(12-13)9-4-10-21-15-7-5-14(18)6-8-15/h5-8,13H,4,9-12,18H2,1-3H3. The molecule has 21 heavy (non-hydrogen) atoms. The summed E-state index contributed by atoms with van der Waals surface area (Å²) < 4.78 is 5.66. The summed E-state index contributed by atoms with van der Waals surface area (Å²) in [6.45, 7) is 8.90. The summed E-state index contributed by atoms with van der Waals surface area (Å²) in [5, 5.41) is 0. The van der Waals surface area contributed by atoms with E-state index in [0.717, 1.165) is 30.9 Å². The van der Waals surface area contributed by atoms with Crippen LogP contribution in [-0.4, -0.2) is 30.5 Å². The molecule has 1 fully saturated rings. The highest BCUT2D eigenvalue weighted by Crippen LogP contribution is 2.34. The van der Waals surface area contributed by atoms with Crippen LogP contribution in [0, 0.1) is 11.3 Å². The zero-order valence-electron chi connectivity index (χ0n) is 13.3. The molecule has 1 saturated heterocycles. The molecule has 116 valence electrons. The Labute approximate surface area is 127 Å². The van der Waals surface area contributed by atoms with Crippen molar-refractivity contribution in [3.63, 3.8) is 0 Å². The summed E-state index contributed by atoms with van der Waals surface area (Å²) >= 11 is 0. The van der Waals surface area contributed by atoms with Gasteiger partial charge in [-0.2, -0.15) is 0 Å². The molecular formula is C17H26N2O2. The molecule has 2 rings (SSSR count). The average Bonchev–Trinajstić information content (AvgIpc) is 2.78. The summed E-state index contributed by atoms with van der Waals surface area (Å²) in [5.74, 6) is 1.56. The lowest BCUT2D eigenvalue weighted by Crippen LogP contribution is -2.29. The van der Waals surface area contributed by atoms with E-state index in [4.69, 9.17) is 10.5 Å². The Morgan fingerprint density at radius 2 is 1.95 bits per heavy atom. The highest BCUT2D eigenvalue weighted by Gasteiger charge is 2.36. The summed E-state index contributed by atoms with van der Waals surface area (Å²) in [6, 6.07) is 7.39. The minimum absolute atomic E-state index is 0.199. The third-order valence-electron chi connectivity index (χ3n) is 4.16. The quantitative estimate of drug-likeness (QED) is 0.670. The number of carbonyl (C=O) groups excluding carboxylic acids is 1. The fraction of sp³-hybridized carbons (Fsp3) is 0.588. The van der Waals surface area contributed by atoms with Gasteiger partial charge in [-0.25, -0.2) is 0 Å². The molecule has 1 aliphatic rings. The first-order valence-corrected chi connectivity index (χ1v) is 7.62. The molecule has 0 saturated carbocycles. The summed E-state index contributed by atoms with van der Waals surface area (Å²) in [4.78, 5) is 14.0. The molecule has 4 nitrogen and oxygen atoms in total. The van der Waals surface area contributed by atoms with Crippen LogP contribution in [0.3, 0.4) is 0 Å². The monoisotopic (exact) mass is 290 g/mol. The zero-order valence-corrected chi connectivity index (χ0v) is 13.3. The minimum Gasteiger partial charge on any atom is -0.494 e. The molecule has 1 unspecified atom stereocenters. The summed E-state index contributed by atoms with van der Waals surface area (Å²) in [5.41, 5.74) is 6.56. The van der Waals surface area contributed by atoms with Gasteiger partial charge in [0.2, 0.25) is 5.91 Å². The van der Waals surface area contributed by atoms with E-state index in [0.29, 0.717) is 18.9 Å². The van der Waals surface area contributed by atoms with E-state index in [2.05, 4.69) is 20.8 Å². The van der Waals surface area contributed by atoms with Gasteiger partial charge in [0.05, 0.1) is 6.61 Å². The molecule has 1 heterocycles. The smallest absolute Gasteiger partial charge is 0.222 e. The number of likely N-dealkylation sites (tertiary alicyclic amines) is 1. The van der Waals surface area contributed by atoms with Crippen LogP contribution in [0.5, 0.6) is 5.75 Å². The predicted octanol–water partition coefficient (Wildman–Crippen LogP) is 2.93. The third kappa shape index (κ3) is 4.38. The number of nitrogens with two attached hydrogens (primary N) is 1. The molecular weight excluding hydrogens is 264 g/mol. The van der Waals surface area contributed by atoms with Gasteiger partial charge < -0.3 is 15.4 Å². The van der Waals surface area contributed by atoms with Gasteiger partial charge in [0.15, 0.2) is 0 Å². The number of nitrogens with zero attached hydrogens (tertiary/aromatic N) is 1. The van der Waals surface area contributed by atoms with E-state index < -0.39 is 0 Å². The normalized spacial score (nSPS) is 19.1. The van der Waals surface area contributed by atoms with Gasteiger partial charge in [0.1, 0.15) is 5.75 Å². The SMILES string of the molecule is CC(C)(C)C1CC(=O)N(CCCOc2ccc(N)cc2)C1. The van der Waals surface area contributed by atoms with Crippen molar-refractivity contribution in [1.82, 2.24) is 4.90 Å². The van der Waals surface area contributed by atoms with Crippen molar-refractivity contribution < 1.29 is 9.53 Å². The van der Waals surface area contributed by atoms with Gasteiger partial charge in [-0.05, 0) is 42.0 Å². The molecule has 0 spiro atoms. The largest absolute Gasteiger partial charge is 0.494 e. The second-order valence-corrected chi connectivity index (χ2v) is 6.88. The minimum atomic E-state index is 0.199. The highest BCUT2D eigenvalue weighted by atomic mass is 16.5. The van der Waals surface area contributed by atoms with Crippen LogP contribution in [0.25, 0.3) is 0 Å². The van der Waals surface area contributed by atoms with Crippen LogP contribution in [0.15, 0.2) is 24.3 Å². The fourth-order valence-corrected chi connectivity index (χ4v) is 2.58. The fourth-order valence-electron chi connectivity index (χ4n) is 2.58. The van der Waals surface area contributed by atoms with Crippen molar-refractivity contribution in [1.29, 1.82) is 0 Å². The average molecular weight is 290 g/mol. The van der Waals surface area contributed by atoms with Crippen LogP contribution in [0.1, 0.15) is 33.6 Å². The molecule has 0 aliphatic carbocycles. The van der Waals surface area contributed by atoms with Crippen LogP contribution in [-0.2, 0) is 4.79 Å². The first kappa shape index (κ1) is 15.7. The molecule has 1 aromatic rings. The molecule has 1 aliphatic heterocycles. The second-order valence-electron chi connectivity index (χ2n) is 6.88. The first-order valence-electron chi connectivity index (χ1n) is 7.62. The molecule has 2 N–H and O–H groups in total. The molecule has 0 bridgehead atoms. The number of amides is 1. The zero-order chi connectivity index (χ0) is 15.5. The number of carbonyl (C=O) groups is 1. The summed E-state index contributed by atoms with van der Waals surface area (Å²) in [6.07, 6.45) is 1.54.